The third-order valence-electron chi connectivity index (χ3n) is 3.69. The topological polar surface area (TPSA) is 66.0 Å². The molecule has 0 radical (unpaired) electrons. The van der Waals surface area contributed by atoms with Crippen LogP contribution in [0, 0.1) is 0 Å². The van der Waals surface area contributed by atoms with Crippen LogP contribution in [-0.2, 0) is 12.8 Å². The summed E-state index contributed by atoms with van der Waals surface area (Å²) in [6.45, 7) is 2.07. The zero-order valence-electron chi connectivity index (χ0n) is 12.1. The molecule has 0 saturated heterocycles. The molecule has 0 unspecified atom stereocenters. The average molecular weight is 315 g/mol. The van der Waals surface area contributed by atoms with Gasteiger partial charge in [0.1, 0.15) is 0 Å². The molecular weight excluding hydrogens is 300 g/mol. The first-order chi connectivity index (χ1) is 10.6. The van der Waals surface area contributed by atoms with E-state index in [1.165, 1.54) is 12.3 Å². The Morgan fingerprint density at radius 1 is 1.32 bits per heavy atom. The van der Waals surface area contributed by atoms with Gasteiger partial charge >= 0.3 is 5.97 Å². The molecule has 22 heavy (non-hydrogen) atoms. The number of hydrogen-bond acceptors (Lipinski definition) is 2. The predicted octanol–water partition coefficient (Wildman–Crippen LogP) is 4.07. The summed E-state index contributed by atoms with van der Waals surface area (Å²) in [7, 11) is 0. The van der Waals surface area contributed by atoms with Crippen LogP contribution in [-0.4, -0.2) is 21.0 Å². The Bertz CT molecular complexity index is 855. The van der Waals surface area contributed by atoms with Crippen LogP contribution in [0.5, 0.6) is 0 Å². The molecule has 2 N–H and O–H groups in total. The number of aromatic carboxylic acids is 1. The number of aromatic amines is 1. The van der Waals surface area contributed by atoms with Crippen molar-refractivity contribution in [2.75, 3.05) is 0 Å². The molecule has 2 heterocycles. The first-order valence-electron chi connectivity index (χ1n) is 7.05. The van der Waals surface area contributed by atoms with Crippen molar-refractivity contribution in [2.45, 2.75) is 19.8 Å². The number of halogens is 1. The number of pyridine rings is 1. The van der Waals surface area contributed by atoms with E-state index in [1.54, 1.807) is 0 Å². The Kier molecular flexibility index (Phi) is 3.86. The summed E-state index contributed by atoms with van der Waals surface area (Å²) >= 11 is 6.14. The lowest BCUT2D eigenvalue weighted by molar-refractivity contribution is 0.0699. The highest BCUT2D eigenvalue weighted by Crippen LogP contribution is 2.22. The van der Waals surface area contributed by atoms with E-state index in [-0.39, 0.29) is 5.56 Å². The lowest BCUT2D eigenvalue weighted by atomic mass is 10.1. The van der Waals surface area contributed by atoms with E-state index in [0.29, 0.717) is 17.5 Å². The number of nitrogens with one attached hydrogen (secondary N) is 1. The summed E-state index contributed by atoms with van der Waals surface area (Å²) in [4.78, 5) is 18.6. The van der Waals surface area contributed by atoms with Crippen LogP contribution in [0.4, 0.5) is 0 Å². The van der Waals surface area contributed by atoms with Crippen molar-refractivity contribution < 1.29 is 9.90 Å². The van der Waals surface area contributed by atoms with Crippen LogP contribution in [0.15, 0.2) is 36.5 Å². The quantitative estimate of drug-likeness (QED) is 0.763. The van der Waals surface area contributed by atoms with Gasteiger partial charge in [0.15, 0.2) is 0 Å². The van der Waals surface area contributed by atoms with E-state index in [2.05, 4.69) is 23.0 Å². The number of benzene rings is 1. The zero-order valence-corrected chi connectivity index (χ0v) is 12.8. The second-order valence-electron chi connectivity index (χ2n) is 5.17. The number of aromatic nitrogens is 2. The molecule has 0 atom stereocenters. The number of H-pyrrole nitrogens is 1. The van der Waals surface area contributed by atoms with Crippen molar-refractivity contribution in [3.8, 4) is 0 Å². The molecule has 0 saturated carbocycles. The summed E-state index contributed by atoms with van der Waals surface area (Å²) in [5.41, 5.74) is 4.64. The number of nitrogens with zero attached hydrogens (tertiary/aromatic N) is 1. The highest BCUT2D eigenvalue weighted by molar-refractivity contribution is 6.31. The Morgan fingerprint density at radius 2 is 2.14 bits per heavy atom. The van der Waals surface area contributed by atoms with E-state index >= 15 is 0 Å². The maximum atomic E-state index is 11.2. The Morgan fingerprint density at radius 3 is 2.86 bits per heavy atom. The van der Waals surface area contributed by atoms with Gasteiger partial charge in [0, 0.05) is 23.3 Å². The average Bonchev–Trinajstić information content (AvgIpc) is 2.91. The summed E-state index contributed by atoms with van der Waals surface area (Å²) < 4.78 is 0. The third-order valence-corrected chi connectivity index (χ3v) is 4.06. The first kappa shape index (κ1) is 14.6. The van der Waals surface area contributed by atoms with Crippen LogP contribution >= 0.6 is 11.6 Å². The third kappa shape index (κ3) is 2.70. The zero-order chi connectivity index (χ0) is 15.7. The molecule has 3 aromatic rings. The Labute approximate surface area is 132 Å². The highest BCUT2D eigenvalue weighted by atomic mass is 35.5. The van der Waals surface area contributed by atoms with Crippen molar-refractivity contribution in [3.05, 3.63) is 63.9 Å². The lowest BCUT2D eigenvalue weighted by Gasteiger charge is -2.05. The smallest absolute Gasteiger partial charge is 0.337 e. The van der Waals surface area contributed by atoms with Gasteiger partial charge in [0.25, 0.3) is 0 Å². The summed E-state index contributed by atoms with van der Waals surface area (Å²) in [5.74, 6) is -0.958. The van der Waals surface area contributed by atoms with Crippen molar-refractivity contribution >= 4 is 28.6 Å². The fraction of sp³-hybridized carbons (Fsp3) is 0.176. The first-order valence-corrected chi connectivity index (χ1v) is 7.43. The van der Waals surface area contributed by atoms with E-state index in [9.17, 15) is 9.90 Å². The van der Waals surface area contributed by atoms with Gasteiger partial charge in [-0.2, -0.15) is 0 Å². The lowest BCUT2D eigenvalue weighted by Crippen LogP contribution is -1.98. The van der Waals surface area contributed by atoms with Crippen molar-refractivity contribution in [3.63, 3.8) is 0 Å². The van der Waals surface area contributed by atoms with Crippen LogP contribution in [0.2, 0.25) is 5.02 Å². The summed E-state index contributed by atoms with van der Waals surface area (Å²) in [6.07, 6.45) is 3.07. The van der Waals surface area contributed by atoms with Gasteiger partial charge in [-0.15, -0.1) is 0 Å². The molecule has 0 spiro atoms. The molecule has 112 valence electrons. The molecule has 4 nitrogen and oxygen atoms in total. The molecule has 5 heteroatoms. The molecule has 0 bridgehead atoms. The van der Waals surface area contributed by atoms with E-state index in [4.69, 9.17) is 11.6 Å². The number of aryl methyl sites for hydroxylation is 1. The summed E-state index contributed by atoms with van der Waals surface area (Å²) in [5, 5.41) is 9.99. The minimum Gasteiger partial charge on any atom is -0.478 e. The summed E-state index contributed by atoms with van der Waals surface area (Å²) in [6, 6.07) is 9.36. The van der Waals surface area contributed by atoms with Crippen molar-refractivity contribution in [1.29, 1.82) is 0 Å². The molecule has 0 aliphatic rings. The second kappa shape index (κ2) is 5.81. The highest BCUT2D eigenvalue weighted by Gasteiger charge is 2.12. The monoisotopic (exact) mass is 314 g/mol. The maximum Gasteiger partial charge on any atom is 0.337 e. The van der Waals surface area contributed by atoms with Crippen molar-refractivity contribution in [2.24, 2.45) is 0 Å². The number of carboxylic acids is 1. The van der Waals surface area contributed by atoms with E-state index < -0.39 is 5.97 Å². The van der Waals surface area contributed by atoms with Gasteiger partial charge < -0.3 is 10.1 Å². The predicted molar refractivity (Wildman–Crippen MR) is 86.7 cm³/mol. The minimum absolute atomic E-state index is 0.238. The van der Waals surface area contributed by atoms with Gasteiger partial charge in [0.05, 0.1) is 16.6 Å². The standard InChI is InChI=1S/C17H15ClN2O2/c1-2-11-7-10(3-4-14(11)18)8-12-9-15-16(20-12)13(17(21)22)5-6-19-15/h3-7,9,20H,2,8H2,1H3,(H,21,22). The fourth-order valence-electron chi connectivity index (χ4n) is 2.58. The molecule has 2 aromatic heterocycles. The number of carboxylic acid groups (broad SMARTS) is 1. The number of rotatable bonds is 4. The van der Waals surface area contributed by atoms with Crippen LogP contribution < -0.4 is 0 Å². The van der Waals surface area contributed by atoms with Gasteiger partial charge in [-0.05, 0) is 35.7 Å². The molecule has 1 aromatic carbocycles. The van der Waals surface area contributed by atoms with Gasteiger partial charge in [-0.3, -0.25) is 4.98 Å². The van der Waals surface area contributed by atoms with Gasteiger partial charge in [-0.1, -0.05) is 30.7 Å². The normalized spacial score (nSPS) is 11.0. The van der Waals surface area contributed by atoms with Crippen LogP contribution in [0.25, 0.3) is 11.0 Å². The molecule has 3 rings (SSSR count). The molecule has 0 aliphatic heterocycles. The maximum absolute atomic E-state index is 11.2. The van der Waals surface area contributed by atoms with Crippen molar-refractivity contribution in [1.82, 2.24) is 9.97 Å². The number of carbonyl (C=O) groups is 1. The van der Waals surface area contributed by atoms with E-state index in [0.717, 1.165) is 28.3 Å². The Balaban J connectivity index is 1.98. The minimum atomic E-state index is -0.958. The number of fused-ring (bicyclic) bond motifs is 1. The fourth-order valence-corrected chi connectivity index (χ4v) is 2.83. The molecule has 0 fully saturated rings. The van der Waals surface area contributed by atoms with E-state index in [1.807, 2.05) is 18.2 Å². The second-order valence-corrected chi connectivity index (χ2v) is 5.58. The molecule has 0 amide bonds. The largest absolute Gasteiger partial charge is 0.478 e. The molecular formula is C17H15ClN2O2. The van der Waals surface area contributed by atoms with Gasteiger partial charge in [-0.25, -0.2) is 4.79 Å². The SMILES string of the molecule is CCc1cc(Cc2cc3nccc(C(=O)O)c3[nH]2)ccc1Cl. The molecule has 0 aliphatic carbocycles. The Hall–Kier alpha value is -2.33. The van der Waals surface area contributed by atoms with Crippen LogP contribution in [0.1, 0.15) is 34.1 Å². The van der Waals surface area contributed by atoms with Gasteiger partial charge in [0.2, 0.25) is 0 Å². The van der Waals surface area contributed by atoms with Crippen LogP contribution in [0.3, 0.4) is 0 Å². The number of hydrogen-bond donors (Lipinski definition) is 2.